The molecule has 0 spiro atoms. The largest absolute Gasteiger partial charge is 0.491 e. The van der Waals surface area contributed by atoms with Gasteiger partial charge in [0.05, 0.1) is 12.1 Å². The second-order valence-corrected chi connectivity index (χ2v) is 3.97. The van der Waals surface area contributed by atoms with Crippen LogP contribution in [0.2, 0.25) is 0 Å². The van der Waals surface area contributed by atoms with E-state index < -0.39 is 12.3 Å². The van der Waals surface area contributed by atoms with Gasteiger partial charge in [-0.15, -0.1) is 0 Å². The summed E-state index contributed by atoms with van der Waals surface area (Å²) >= 11 is 0. The molecule has 0 bridgehead atoms. The standard InChI is InChI=1S/C12H17F2N3O2/c1-17(8-11(13)14)6-7-19-10-5-3-2-4-9(10)12(18)16-15/h2-5,11H,6-8,15H2,1H3,(H,16,18). The van der Waals surface area contributed by atoms with Crippen molar-refractivity contribution >= 4 is 5.91 Å². The average Bonchev–Trinajstić information content (AvgIpc) is 2.37. The first-order valence-electron chi connectivity index (χ1n) is 5.74. The predicted octanol–water partition coefficient (Wildman–Crippen LogP) is 0.866. The maximum atomic E-state index is 12.1. The highest BCUT2D eigenvalue weighted by atomic mass is 19.3. The fourth-order valence-electron chi connectivity index (χ4n) is 1.50. The maximum absolute atomic E-state index is 12.1. The second-order valence-electron chi connectivity index (χ2n) is 3.97. The lowest BCUT2D eigenvalue weighted by Crippen LogP contribution is -2.31. The van der Waals surface area contributed by atoms with Crippen molar-refractivity contribution in [3.8, 4) is 5.75 Å². The number of hydrazine groups is 1. The molecule has 1 aromatic carbocycles. The van der Waals surface area contributed by atoms with E-state index in [9.17, 15) is 13.6 Å². The molecule has 1 rings (SSSR count). The van der Waals surface area contributed by atoms with Gasteiger partial charge in [0.2, 0.25) is 0 Å². The molecule has 7 heteroatoms. The van der Waals surface area contributed by atoms with Crippen LogP contribution in [0.5, 0.6) is 5.75 Å². The van der Waals surface area contributed by atoms with Crippen LogP contribution in [0.1, 0.15) is 10.4 Å². The van der Waals surface area contributed by atoms with Gasteiger partial charge in [-0.3, -0.25) is 15.1 Å². The number of rotatable bonds is 7. The zero-order valence-corrected chi connectivity index (χ0v) is 10.6. The summed E-state index contributed by atoms with van der Waals surface area (Å²) in [4.78, 5) is 12.9. The van der Waals surface area contributed by atoms with Gasteiger partial charge in [-0.2, -0.15) is 0 Å². The van der Waals surface area contributed by atoms with E-state index in [2.05, 4.69) is 0 Å². The highest BCUT2D eigenvalue weighted by Gasteiger charge is 2.11. The van der Waals surface area contributed by atoms with Gasteiger partial charge in [-0.25, -0.2) is 14.6 Å². The first-order chi connectivity index (χ1) is 9.04. The predicted molar refractivity (Wildman–Crippen MR) is 67.1 cm³/mol. The number of alkyl halides is 2. The quantitative estimate of drug-likeness (QED) is 0.439. The monoisotopic (exact) mass is 273 g/mol. The van der Waals surface area contributed by atoms with Crippen LogP contribution in [0.4, 0.5) is 8.78 Å². The van der Waals surface area contributed by atoms with E-state index in [-0.39, 0.29) is 13.2 Å². The molecule has 1 amide bonds. The molecule has 0 saturated heterocycles. The molecule has 0 atom stereocenters. The smallest absolute Gasteiger partial charge is 0.268 e. The van der Waals surface area contributed by atoms with E-state index in [1.54, 1.807) is 31.3 Å². The maximum Gasteiger partial charge on any atom is 0.268 e. The third-order valence-electron chi connectivity index (χ3n) is 2.44. The third kappa shape index (κ3) is 5.19. The molecule has 0 aliphatic heterocycles. The Labute approximate surface area is 110 Å². The Morgan fingerprint density at radius 1 is 1.47 bits per heavy atom. The molecule has 0 aromatic heterocycles. The summed E-state index contributed by atoms with van der Waals surface area (Å²) in [6.07, 6.45) is -2.37. The molecule has 19 heavy (non-hydrogen) atoms. The molecule has 3 N–H and O–H groups in total. The van der Waals surface area contributed by atoms with Crippen LogP contribution in [0.3, 0.4) is 0 Å². The number of nitrogens with zero attached hydrogens (tertiary/aromatic N) is 1. The Morgan fingerprint density at radius 3 is 2.79 bits per heavy atom. The lowest BCUT2D eigenvalue weighted by atomic mass is 10.2. The first-order valence-corrected chi connectivity index (χ1v) is 5.74. The summed E-state index contributed by atoms with van der Waals surface area (Å²) in [5.74, 6) is 4.97. The van der Waals surface area contributed by atoms with Crippen LogP contribution in [-0.2, 0) is 0 Å². The van der Waals surface area contributed by atoms with Crippen LogP contribution >= 0.6 is 0 Å². The normalized spacial score (nSPS) is 10.8. The fraction of sp³-hybridized carbons (Fsp3) is 0.417. The molecular formula is C12H17F2N3O2. The molecule has 1 aromatic rings. The van der Waals surface area contributed by atoms with Gasteiger partial charge in [0.1, 0.15) is 12.4 Å². The Balaban J connectivity index is 2.51. The van der Waals surface area contributed by atoms with Gasteiger partial charge in [0, 0.05) is 6.54 Å². The van der Waals surface area contributed by atoms with E-state index >= 15 is 0 Å². The van der Waals surface area contributed by atoms with Crippen molar-refractivity contribution in [3.05, 3.63) is 29.8 Å². The summed E-state index contributed by atoms with van der Waals surface area (Å²) < 4.78 is 29.6. The van der Waals surface area contributed by atoms with E-state index in [4.69, 9.17) is 10.6 Å². The van der Waals surface area contributed by atoms with Gasteiger partial charge in [-0.05, 0) is 19.2 Å². The molecule has 5 nitrogen and oxygen atoms in total. The molecule has 0 unspecified atom stereocenters. The van der Waals surface area contributed by atoms with Gasteiger partial charge in [0.15, 0.2) is 0 Å². The Hall–Kier alpha value is -1.73. The zero-order chi connectivity index (χ0) is 14.3. The van der Waals surface area contributed by atoms with Crippen LogP contribution in [0.15, 0.2) is 24.3 Å². The van der Waals surface area contributed by atoms with E-state index in [1.807, 2.05) is 5.43 Å². The fourth-order valence-corrected chi connectivity index (χ4v) is 1.50. The number of para-hydroxylation sites is 1. The molecule has 0 radical (unpaired) electrons. The highest BCUT2D eigenvalue weighted by Crippen LogP contribution is 2.17. The number of nitrogens with one attached hydrogen (secondary N) is 1. The third-order valence-corrected chi connectivity index (χ3v) is 2.44. The van der Waals surface area contributed by atoms with Crippen LogP contribution in [0.25, 0.3) is 0 Å². The molecule has 0 fully saturated rings. The number of halogens is 2. The number of ether oxygens (including phenoxy) is 1. The number of nitrogen functional groups attached to an aromatic ring is 1. The first kappa shape index (κ1) is 15.3. The zero-order valence-electron chi connectivity index (χ0n) is 10.6. The summed E-state index contributed by atoms with van der Waals surface area (Å²) in [6, 6.07) is 6.59. The van der Waals surface area contributed by atoms with Crippen molar-refractivity contribution in [2.45, 2.75) is 6.43 Å². The van der Waals surface area contributed by atoms with Crippen molar-refractivity contribution in [2.24, 2.45) is 5.84 Å². The van der Waals surface area contributed by atoms with Crippen LogP contribution in [-0.4, -0.2) is 44.0 Å². The lowest BCUT2D eigenvalue weighted by Gasteiger charge is -2.17. The number of hydrogen-bond acceptors (Lipinski definition) is 4. The Bertz CT molecular complexity index is 416. The van der Waals surface area contributed by atoms with E-state index in [0.29, 0.717) is 17.9 Å². The van der Waals surface area contributed by atoms with Crippen molar-refractivity contribution in [3.63, 3.8) is 0 Å². The minimum atomic E-state index is -2.37. The summed E-state index contributed by atoms with van der Waals surface area (Å²) in [5, 5.41) is 0. The number of likely N-dealkylation sites (N-methyl/N-ethyl adjacent to an activating group) is 1. The number of nitrogens with two attached hydrogens (primary N) is 1. The lowest BCUT2D eigenvalue weighted by molar-refractivity contribution is 0.0924. The molecule has 106 valence electrons. The van der Waals surface area contributed by atoms with Gasteiger partial charge < -0.3 is 4.74 Å². The van der Waals surface area contributed by atoms with Gasteiger partial charge >= 0.3 is 0 Å². The Morgan fingerprint density at radius 2 is 2.16 bits per heavy atom. The number of carbonyl (C=O) groups excluding carboxylic acids is 1. The van der Waals surface area contributed by atoms with Crippen LogP contribution < -0.4 is 16.0 Å². The van der Waals surface area contributed by atoms with E-state index in [1.165, 1.54) is 4.90 Å². The molecule has 0 aliphatic carbocycles. The van der Waals surface area contributed by atoms with E-state index in [0.717, 1.165) is 0 Å². The van der Waals surface area contributed by atoms with Crippen LogP contribution in [0, 0.1) is 0 Å². The number of benzene rings is 1. The Kier molecular flexibility index (Phi) is 6.17. The molecular weight excluding hydrogens is 256 g/mol. The van der Waals surface area contributed by atoms with Gasteiger partial charge in [0.25, 0.3) is 12.3 Å². The van der Waals surface area contributed by atoms with Crippen molar-refractivity contribution in [1.82, 2.24) is 10.3 Å². The minimum Gasteiger partial charge on any atom is -0.491 e. The summed E-state index contributed by atoms with van der Waals surface area (Å²) in [5.41, 5.74) is 2.33. The summed E-state index contributed by atoms with van der Waals surface area (Å²) in [6.45, 7) is 0.231. The SMILES string of the molecule is CN(CCOc1ccccc1C(=O)NN)CC(F)F. The second kappa shape index (κ2) is 7.65. The summed E-state index contributed by atoms with van der Waals surface area (Å²) in [7, 11) is 1.58. The molecule has 0 saturated carbocycles. The number of carbonyl (C=O) groups is 1. The highest BCUT2D eigenvalue weighted by molar-refractivity contribution is 5.96. The minimum absolute atomic E-state index is 0.206. The van der Waals surface area contributed by atoms with Crippen molar-refractivity contribution in [2.75, 3.05) is 26.7 Å². The molecule has 0 heterocycles. The van der Waals surface area contributed by atoms with Gasteiger partial charge in [-0.1, -0.05) is 12.1 Å². The number of amides is 1. The van der Waals surface area contributed by atoms with Crippen molar-refractivity contribution < 1.29 is 18.3 Å². The number of hydrogen-bond donors (Lipinski definition) is 2. The average molecular weight is 273 g/mol. The van der Waals surface area contributed by atoms with Crippen molar-refractivity contribution in [1.29, 1.82) is 0 Å². The topological polar surface area (TPSA) is 67.6 Å². The molecule has 0 aliphatic rings.